The van der Waals surface area contributed by atoms with Crippen LogP contribution in [0.4, 0.5) is 14.7 Å². The van der Waals surface area contributed by atoms with Crippen molar-refractivity contribution in [2.24, 2.45) is 0 Å². The van der Waals surface area contributed by atoms with E-state index in [9.17, 15) is 18.4 Å². The first-order chi connectivity index (χ1) is 13.5. The molecular formula is C18H22F2N6O2. The fraction of sp³-hybridized carbons (Fsp3) is 0.389. The number of pyridine rings is 1. The number of nitrogens with one attached hydrogen (secondary N) is 3. The van der Waals surface area contributed by atoms with Crippen LogP contribution in [0.15, 0.2) is 36.8 Å². The van der Waals surface area contributed by atoms with Gasteiger partial charge in [-0.1, -0.05) is 19.9 Å². The number of rotatable bonds is 5. The Kier molecular flexibility index (Phi) is 7.30. The Bertz CT molecular complexity index is 782. The Morgan fingerprint density at radius 2 is 1.75 bits per heavy atom. The van der Waals surface area contributed by atoms with Crippen LogP contribution in [-0.4, -0.2) is 33.2 Å². The summed E-state index contributed by atoms with van der Waals surface area (Å²) in [5.74, 6) is -2.07. The molecule has 0 radical (unpaired) electrons. The maximum atomic E-state index is 12.1. The summed E-state index contributed by atoms with van der Waals surface area (Å²) >= 11 is 0. The summed E-state index contributed by atoms with van der Waals surface area (Å²) in [6.45, 7) is 4.00. The van der Waals surface area contributed by atoms with E-state index in [0.29, 0.717) is 5.95 Å². The van der Waals surface area contributed by atoms with Crippen molar-refractivity contribution in [3.05, 3.63) is 48.0 Å². The molecular weight excluding hydrogens is 370 g/mol. The van der Waals surface area contributed by atoms with Gasteiger partial charge in [0.2, 0.25) is 5.95 Å². The Hall–Kier alpha value is -3.17. The number of carbonyl (C=O) groups excluding carboxylic acids is 2. The number of aromatic nitrogens is 3. The van der Waals surface area contributed by atoms with Gasteiger partial charge < -0.3 is 5.32 Å². The molecule has 0 bridgehead atoms. The number of halogens is 2. The van der Waals surface area contributed by atoms with Crippen molar-refractivity contribution >= 4 is 17.8 Å². The van der Waals surface area contributed by atoms with Gasteiger partial charge in [0.05, 0.1) is 16.8 Å². The van der Waals surface area contributed by atoms with Gasteiger partial charge in [-0.05, 0) is 31.4 Å². The molecule has 0 saturated heterocycles. The Balaban J connectivity index is 0.00000136. The van der Waals surface area contributed by atoms with Gasteiger partial charge in [-0.15, -0.1) is 0 Å². The lowest BCUT2D eigenvalue weighted by Gasteiger charge is -2.42. The summed E-state index contributed by atoms with van der Waals surface area (Å²) in [4.78, 5) is 35.1. The van der Waals surface area contributed by atoms with Gasteiger partial charge in [0.25, 0.3) is 5.91 Å². The Morgan fingerprint density at radius 1 is 1.07 bits per heavy atom. The van der Waals surface area contributed by atoms with Crippen LogP contribution in [0.1, 0.15) is 49.2 Å². The minimum atomic E-state index is -3.22. The zero-order valence-electron chi connectivity index (χ0n) is 15.6. The van der Waals surface area contributed by atoms with E-state index in [1.807, 2.05) is 37.5 Å². The maximum Gasteiger partial charge on any atom is 0.317 e. The van der Waals surface area contributed by atoms with Crippen LogP contribution in [0.2, 0.25) is 0 Å². The van der Waals surface area contributed by atoms with Crippen LogP contribution < -0.4 is 16.2 Å². The number of alkyl halides is 2. The van der Waals surface area contributed by atoms with Crippen LogP contribution in [0, 0.1) is 0 Å². The smallest absolute Gasteiger partial charge is 0.317 e. The zero-order chi connectivity index (χ0) is 20.6. The standard InChI is InChI=1S/C16H16F2N6O2.C2H6/c17-12(18)14(26)24-23-13(25)10-8-20-15(21-9-10)22-16(5-3-6-16)11-4-1-2-7-19-11;1-2/h1-2,4,7-9,12H,3,5-6H2,(H,23,25)(H,24,26)(H,20,21,22);1-2H3. The largest absolute Gasteiger partial charge is 0.343 e. The molecule has 0 aliphatic heterocycles. The van der Waals surface area contributed by atoms with Gasteiger partial charge in [-0.25, -0.2) is 9.97 Å². The number of nitrogens with zero attached hydrogens (tertiary/aromatic N) is 3. The molecule has 0 unspecified atom stereocenters. The van der Waals surface area contributed by atoms with Gasteiger partial charge in [0, 0.05) is 18.6 Å². The minimum absolute atomic E-state index is 0.0191. The van der Waals surface area contributed by atoms with Gasteiger partial charge in [0.1, 0.15) is 0 Å². The molecule has 8 nitrogen and oxygen atoms in total. The first kappa shape index (κ1) is 21.1. The molecule has 1 fully saturated rings. The van der Waals surface area contributed by atoms with Crippen molar-refractivity contribution in [2.75, 3.05) is 5.32 Å². The zero-order valence-corrected chi connectivity index (χ0v) is 15.6. The van der Waals surface area contributed by atoms with Gasteiger partial charge in [0.15, 0.2) is 0 Å². The molecule has 28 heavy (non-hydrogen) atoms. The van der Waals surface area contributed by atoms with E-state index in [2.05, 4.69) is 20.3 Å². The van der Waals surface area contributed by atoms with Gasteiger partial charge >= 0.3 is 12.3 Å². The first-order valence-electron chi connectivity index (χ1n) is 8.90. The van der Waals surface area contributed by atoms with Crippen LogP contribution in [0.5, 0.6) is 0 Å². The second kappa shape index (κ2) is 9.67. The van der Waals surface area contributed by atoms with Crippen LogP contribution in [0.25, 0.3) is 0 Å². The number of anilines is 1. The summed E-state index contributed by atoms with van der Waals surface area (Å²) in [5, 5.41) is 3.25. The highest BCUT2D eigenvalue weighted by molar-refractivity contribution is 5.95. The van der Waals surface area contributed by atoms with E-state index in [-0.39, 0.29) is 11.1 Å². The molecule has 150 valence electrons. The molecule has 0 atom stereocenters. The van der Waals surface area contributed by atoms with E-state index in [0.717, 1.165) is 25.0 Å². The second-order valence-electron chi connectivity index (χ2n) is 5.82. The second-order valence-corrected chi connectivity index (χ2v) is 5.82. The van der Waals surface area contributed by atoms with Gasteiger partial charge in [-0.3, -0.25) is 25.4 Å². The Labute approximate surface area is 161 Å². The molecule has 2 aromatic rings. The van der Waals surface area contributed by atoms with E-state index in [4.69, 9.17) is 0 Å². The fourth-order valence-corrected chi connectivity index (χ4v) is 2.59. The topological polar surface area (TPSA) is 109 Å². The summed E-state index contributed by atoms with van der Waals surface area (Å²) in [5.41, 5.74) is 4.05. The van der Waals surface area contributed by atoms with Crippen molar-refractivity contribution in [3.8, 4) is 0 Å². The van der Waals surface area contributed by atoms with Crippen LogP contribution in [0.3, 0.4) is 0 Å². The number of hydrogen-bond acceptors (Lipinski definition) is 6. The van der Waals surface area contributed by atoms with Crippen molar-refractivity contribution in [2.45, 2.75) is 45.1 Å². The van der Waals surface area contributed by atoms with Crippen molar-refractivity contribution in [1.82, 2.24) is 25.8 Å². The maximum absolute atomic E-state index is 12.1. The third-order valence-electron chi connectivity index (χ3n) is 4.12. The van der Waals surface area contributed by atoms with Crippen molar-refractivity contribution in [3.63, 3.8) is 0 Å². The first-order valence-corrected chi connectivity index (χ1v) is 8.90. The monoisotopic (exact) mass is 392 g/mol. The van der Waals surface area contributed by atoms with Gasteiger partial charge in [-0.2, -0.15) is 8.78 Å². The van der Waals surface area contributed by atoms with Crippen molar-refractivity contribution < 1.29 is 18.4 Å². The predicted octanol–water partition coefficient (Wildman–Crippen LogP) is 2.42. The molecule has 2 amide bonds. The van der Waals surface area contributed by atoms with Crippen LogP contribution >= 0.6 is 0 Å². The third-order valence-corrected chi connectivity index (χ3v) is 4.12. The Morgan fingerprint density at radius 3 is 2.25 bits per heavy atom. The lowest BCUT2D eigenvalue weighted by Crippen LogP contribution is -2.44. The quantitative estimate of drug-likeness (QED) is 0.675. The molecule has 2 heterocycles. The lowest BCUT2D eigenvalue weighted by molar-refractivity contribution is -0.132. The molecule has 10 heteroatoms. The third kappa shape index (κ3) is 4.96. The van der Waals surface area contributed by atoms with E-state index in [1.54, 1.807) is 11.6 Å². The molecule has 1 aliphatic carbocycles. The minimum Gasteiger partial charge on any atom is -0.343 e. The highest BCUT2D eigenvalue weighted by Crippen LogP contribution is 2.42. The summed E-state index contributed by atoms with van der Waals surface area (Å²) in [6.07, 6.45) is 3.80. The fourth-order valence-electron chi connectivity index (χ4n) is 2.59. The number of hydrazine groups is 1. The molecule has 3 rings (SSSR count). The molecule has 3 N–H and O–H groups in total. The SMILES string of the molecule is CC.O=C(NNC(=O)C(F)F)c1cnc(NC2(c3ccccn3)CCC2)nc1. The number of amides is 2. The summed E-state index contributed by atoms with van der Waals surface area (Å²) < 4.78 is 24.1. The summed E-state index contributed by atoms with van der Waals surface area (Å²) in [7, 11) is 0. The van der Waals surface area contributed by atoms with Crippen molar-refractivity contribution in [1.29, 1.82) is 0 Å². The van der Waals surface area contributed by atoms with E-state index >= 15 is 0 Å². The van der Waals surface area contributed by atoms with E-state index < -0.39 is 18.2 Å². The van der Waals surface area contributed by atoms with Crippen LogP contribution in [-0.2, 0) is 10.3 Å². The molecule has 1 saturated carbocycles. The summed E-state index contributed by atoms with van der Waals surface area (Å²) in [6, 6.07) is 5.68. The normalized spacial score (nSPS) is 14.2. The number of carbonyl (C=O) groups is 2. The predicted molar refractivity (Wildman–Crippen MR) is 98.4 cm³/mol. The molecule has 2 aromatic heterocycles. The average molecular weight is 392 g/mol. The molecule has 0 aromatic carbocycles. The van der Waals surface area contributed by atoms with E-state index in [1.165, 1.54) is 12.4 Å². The highest BCUT2D eigenvalue weighted by Gasteiger charge is 2.40. The molecule has 0 spiro atoms. The molecule has 1 aliphatic rings. The average Bonchev–Trinajstić information content (AvgIpc) is 2.71. The number of hydrogen-bond donors (Lipinski definition) is 3. The highest BCUT2D eigenvalue weighted by atomic mass is 19.3. The lowest BCUT2D eigenvalue weighted by atomic mass is 9.74.